The minimum absolute atomic E-state index is 0.327. The molecule has 0 aliphatic heterocycles. The van der Waals surface area contributed by atoms with E-state index in [0.29, 0.717) is 30.9 Å². The lowest BCUT2D eigenvalue weighted by Crippen LogP contribution is -2.43. The predicted molar refractivity (Wildman–Crippen MR) is 74.5 cm³/mol. The summed E-state index contributed by atoms with van der Waals surface area (Å²) in [5.41, 5.74) is 0. The van der Waals surface area contributed by atoms with E-state index in [1.54, 1.807) is 7.11 Å². The van der Waals surface area contributed by atoms with E-state index in [-0.39, 0.29) is 0 Å². The molecule has 0 bridgehead atoms. The lowest BCUT2D eigenvalue weighted by molar-refractivity contribution is -0.135. The molecule has 0 heterocycles. The smallest absolute Gasteiger partial charge is 0.222 e. The topological polar surface area (TPSA) is 29.5 Å². The van der Waals surface area contributed by atoms with Gasteiger partial charge in [0.15, 0.2) is 0 Å². The zero-order valence-corrected chi connectivity index (χ0v) is 12.3. The first-order chi connectivity index (χ1) is 8.65. The highest BCUT2D eigenvalue weighted by Gasteiger charge is 2.24. The molecule has 0 unspecified atom stereocenters. The molecule has 1 rings (SSSR count). The molecular formula is C15H29NO2. The Labute approximate surface area is 112 Å². The van der Waals surface area contributed by atoms with Crippen LogP contribution in [0.5, 0.6) is 0 Å². The number of carbonyl (C=O) groups is 1. The van der Waals surface area contributed by atoms with Crippen LogP contribution in [-0.2, 0) is 9.53 Å². The summed E-state index contributed by atoms with van der Waals surface area (Å²) in [6.07, 6.45) is 7.91. The third-order valence-corrected chi connectivity index (χ3v) is 3.81. The van der Waals surface area contributed by atoms with Crippen LogP contribution in [-0.4, -0.2) is 37.1 Å². The second kappa shape index (κ2) is 8.52. The lowest BCUT2D eigenvalue weighted by atomic mass is 9.93. The molecule has 1 saturated carbocycles. The zero-order valence-electron chi connectivity index (χ0n) is 12.3. The molecule has 3 heteroatoms. The maximum Gasteiger partial charge on any atom is 0.222 e. The number of carbonyl (C=O) groups excluding carboxylic acids is 1. The molecule has 0 aromatic rings. The van der Waals surface area contributed by atoms with Crippen LogP contribution < -0.4 is 0 Å². The molecule has 1 aliphatic rings. The van der Waals surface area contributed by atoms with Crippen molar-refractivity contribution < 1.29 is 9.53 Å². The molecule has 0 radical (unpaired) electrons. The summed E-state index contributed by atoms with van der Waals surface area (Å²) >= 11 is 0. The van der Waals surface area contributed by atoms with Gasteiger partial charge in [0.2, 0.25) is 5.91 Å². The number of hydrogen-bond donors (Lipinski definition) is 0. The Kier molecular flexibility index (Phi) is 7.33. The van der Waals surface area contributed by atoms with Crippen molar-refractivity contribution in [3.63, 3.8) is 0 Å². The van der Waals surface area contributed by atoms with Gasteiger partial charge in [0.25, 0.3) is 0 Å². The fourth-order valence-electron chi connectivity index (χ4n) is 2.65. The average molecular weight is 255 g/mol. The highest BCUT2D eigenvalue weighted by molar-refractivity contribution is 5.76. The first-order valence-corrected chi connectivity index (χ1v) is 7.43. The van der Waals surface area contributed by atoms with Crippen molar-refractivity contribution in [2.24, 2.45) is 5.92 Å². The molecule has 1 fully saturated rings. The van der Waals surface area contributed by atoms with Gasteiger partial charge < -0.3 is 9.64 Å². The van der Waals surface area contributed by atoms with E-state index in [1.807, 2.05) is 0 Å². The first-order valence-electron chi connectivity index (χ1n) is 7.43. The Morgan fingerprint density at radius 3 is 2.50 bits per heavy atom. The summed E-state index contributed by atoms with van der Waals surface area (Å²) in [5.74, 6) is 0.928. The quantitative estimate of drug-likeness (QED) is 0.699. The third-order valence-electron chi connectivity index (χ3n) is 3.81. The summed E-state index contributed by atoms with van der Waals surface area (Å²) in [6, 6.07) is 0.466. The maximum absolute atomic E-state index is 12.3. The molecule has 0 atom stereocenters. The molecule has 3 nitrogen and oxygen atoms in total. The average Bonchev–Trinajstić information content (AvgIpc) is 2.38. The van der Waals surface area contributed by atoms with Gasteiger partial charge in [-0.15, -0.1) is 0 Å². The van der Waals surface area contributed by atoms with Crippen LogP contribution in [0.25, 0.3) is 0 Å². The number of methoxy groups -OCH3 is 1. The van der Waals surface area contributed by atoms with E-state index in [1.165, 1.54) is 32.1 Å². The summed E-state index contributed by atoms with van der Waals surface area (Å²) < 4.78 is 5.15. The fraction of sp³-hybridized carbons (Fsp3) is 0.933. The summed E-state index contributed by atoms with van der Waals surface area (Å²) in [4.78, 5) is 14.4. The SMILES string of the molecule is COCCN(C(=O)CCC(C)C)C1CCCCC1. The molecular weight excluding hydrogens is 226 g/mol. The molecule has 0 saturated heterocycles. The van der Waals surface area contributed by atoms with Gasteiger partial charge in [0.1, 0.15) is 0 Å². The standard InChI is InChI=1S/C15H29NO2/c1-13(2)9-10-15(17)16(11-12-18-3)14-7-5-4-6-8-14/h13-14H,4-12H2,1-3H3. The Morgan fingerprint density at radius 1 is 1.28 bits per heavy atom. The lowest BCUT2D eigenvalue weighted by Gasteiger charge is -2.34. The highest BCUT2D eigenvalue weighted by Crippen LogP contribution is 2.23. The van der Waals surface area contributed by atoms with Crippen molar-refractivity contribution in [2.75, 3.05) is 20.3 Å². The van der Waals surface area contributed by atoms with Crippen LogP contribution in [0.2, 0.25) is 0 Å². The number of amides is 1. The van der Waals surface area contributed by atoms with Gasteiger partial charge in [0.05, 0.1) is 6.61 Å². The van der Waals surface area contributed by atoms with Gasteiger partial charge in [-0.25, -0.2) is 0 Å². The van der Waals surface area contributed by atoms with Crippen molar-refractivity contribution in [3.05, 3.63) is 0 Å². The molecule has 1 aliphatic carbocycles. The highest BCUT2D eigenvalue weighted by atomic mass is 16.5. The number of nitrogens with zero attached hydrogens (tertiary/aromatic N) is 1. The van der Waals surface area contributed by atoms with E-state index in [9.17, 15) is 4.79 Å². The van der Waals surface area contributed by atoms with Gasteiger partial charge in [-0.1, -0.05) is 33.1 Å². The Bertz CT molecular complexity index is 235. The van der Waals surface area contributed by atoms with Gasteiger partial charge in [0, 0.05) is 26.1 Å². The van der Waals surface area contributed by atoms with Crippen molar-refractivity contribution in [3.8, 4) is 0 Å². The normalized spacial score (nSPS) is 17.1. The fourth-order valence-corrected chi connectivity index (χ4v) is 2.65. The molecule has 1 amide bonds. The number of ether oxygens (including phenoxy) is 1. The van der Waals surface area contributed by atoms with E-state index >= 15 is 0 Å². The monoisotopic (exact) mass is 255 g/mol. The number of rotatable bonds is 7. The second-order valence-electron chi connectivity index (χ2n) is 5.80. The first kappa shape index (κ1) is 15.5. The summed E-state index contributed by atoms with van der Waals surface area (Å²) in [6.45, 7) is 5.77. The van der Waals surface area contributed by atoms with Crippen LogP contribution in [0.3, 0.4) is 0 Å². The Hall–Kier alpha value is -0.570. The third kappa shape index (κ3) is 5.38. The van der Waals surface area contributed by atoms with E-state index in [0.717, 1.165) is 13.0 Å². The van der Waals surface area contributed by atoms with Crippen LogP contribution in [0.1, 0.15) is 58.8 Å². The Balaban J connectivity index is 2.49. The molecule has 0 N–H and O–H groups in total. The van der Waals surface area contributed by atoms with Crippen molar-refractivity contribution in [1.82, 2.24) is 4.90 Å². The second-order valence-corrected chi connectivity index (χ2v) is 5.80. The van der Waals surface area contributed by atoms with Crippen molar-refractivity contribution >= 4 is 5.91 Å². The van der Waals surface area contributed by atoms with Crippen LogP contribution in [0.15, 0.2) is 0 Å². The largest absolute Gasteiger partial charge is 0.383 e. The molecule has 0 spiro atoms. The van der Waals surface area contributed by atoms with Crippen LogP contribution >= 0.6 is 0 Å². The molecule has 106 valence electrons. The van der Waals surface area contributed by atoms with Crippen LogP contribution in [0, 0.1) is 5.92 Å². The number of hydrogen-bond acceptors (Lipinski definition) is 2. The van der Waals surface area contributed by atoms with Crippen molar-refractivity contribution in [1.29, 1.82) is 0 Å². The zero-order chi connectivity index (χ0) is 13.4. The van der Waals surface area contributed by atoms with Gasteiger partial charge in [-0.2, -0.15) is 0 Å². The molecule has 0 aromatic heterocycles. The summed E-state index contributed by atoms with van der Waals surface area (Å²) in [5, 5.41) is 0. The molecule has 18 heavy (non-hydrogen) atoms. The molecule has 0 aromatic carbocycles. The van der Waals surface area contributed by atoms with E-state index in [4.69, 9.17) is 4.74 Å². The van der Waals surface area contributed by atoms with Crippen LogP contribution in [0.4, 0.5) is 0 Å². The Morgan fingerprint density at radius 2 is 1.94 bits per heavy atom. The van der Waals surface area contributed by atoms with Gasteiger partial charge in [-0.05, 0) is 25.2 Å². The predicted octanol–water partition coefficient (Wildman–Crippen LogP) is 3.23. The summed E-state index contributed by atoms with van der Waals surface area (Å²) in [7, 11) is 1.71. The van der Waals surface area contributed by atoms with Crippen molar-refractivity contribution in [2.45, 2.75) is 64.8 Å². The minimum Gasteiger partial charge on any atom is -0.383 e. The minimum atomic E-state index is 0.327. The van der Waals surface area contributed by atoms with E-state index < -0.39 is 0 Å². The van der Waals surface area contributed by atoms with Gasteiger partial charge >= 0.3 is 0 Å². The van der Waals surface area contributed by atoms with E-state index in [2.05, 4.69) is 18.7 Å². The van der Waals surface area contributed by atoms with Gasteiger partial charge in [-0.3, -0.25) is 4.79 Å². The maximum atomic E-state index is 12.3.